The Labute approximate surface area is 267 Å². The van der Waals surface area contributed by atoms with Crippen molar-refractivity contribution >= 4 is 5.91 Å². The van der Waals surface area contributed by atoms with E-state index in [9.17, 15) is 20.1 Å². The summed E-state index contributed by atoms with van der Waals surface area (Å²) in [7, 11) is 0. The van der Waals surface area contributed by atoms with Crippen LogP contribution in [-0.4, -0.2) is 46.1 Å². The van der Waals surface area contributed by atoms with Crippen LogP contribution < -0.4 is 5.32 Å². The van der Waals surface area contributed by atoms with Crippen LogP contribution in [0.15, 0.2) is 24.3 Å². The fourth-order valence-corrected chi connectivity index (χ4v) is 5.66. The van der Waals surface area contributed by atoms with Gasteiger partial charge in [0.15, 0.2) is 0 Å². The first-order valence-electron chi connectivity index (χ1n) is 18.6. The molecule has 254 valence electrons. The molecule has 43 heavy (non-hydrogen) atoms. The summed E-state index contributed by atoms with van der Waals surface area (Å²) in [5, 5.41) is 33.2. The molecule has 0 rings (SSSR count). The van der Waals surface area contributed by atoms with Crippen LogP contribution in [-0.2, 0) is 4.79 Å². The Hall–Kier alpha value is -1.17. The standard InChI is InChI=1S/C38H73NO4/c1-3-5-7-9-11-13-14-15-16-17-18-19-20-21-22-23-25-27-29-31-33-37(42)39-35(34-40)38(43)36(41)32-30-28-26-24-12-10-8-6-4-2/h6,8,24,26,35-36,38,40-41,43H,3-5,7,9-23,25,27-34H2,1-2H3,(H,39,42)/b8-6+,26-24+. The molecule has 0 aromatic rings. The smallest absolute Gasteiger partial charge is 0.220 e. The Morgan fingerprint density at radius 1 is 0.581 bits per heavy atom. The summed E-state index contributed by atoms with van der Waals surface area (Å²) < 4.78 is 0. The third kappa shape index (κ3) is 29.3. The minimum Gasteiger partial charge on any atom is -0.394 e. The summed E-state index contributed by atoms with van der Waals surface area (Å²) in [5.41, 5.74) is 0. The molecule has 0 heterocycles. The molecule has 0 fully saturated rings. The van der Waals surface area contributed by atoms with E-state index in [0.717, 1.165) is 51.4 Å². The molecule has 4 N–H and O–H groups in total. The van der Waals surface area contributed by atoms with Crippen LogP contribution in [0.1, 0.15) is 187 Å². The van der Waals surface area contributed by atoms with Crippen molar-refractivity contribution in [3.8, 4) is 0 Å². The van der Waals surface area contributed by atoms with Gasteiger partial charge in [0, 0.05) is 6.42 Å². The number of nitrogens with one attached hydrogen (secondary N) is 1. The number of unbranched alkanes of at least 4 members (excludes halogenated alkanes) is 21. The molecule has 0 spiro atoms. The summed E-state index contributed by atoms with van der Waals surface area (Å²) in [6.07, 6.45) is 38.6. The molecule has 0 aliphatic rings. The lowest BCUT2D eigenvalue weighted by molar-refractivity contribution is -0.124. The third-order valence-electron chi connectivity index (χ3n) is 8.55. The molecular weight excluding hydrogens is 534 g/mol. The summed E-state index contributed by atoms with van der Waals surface area (Å²) in [4.78, 5) is 12.3. The Morgan fingerprint density at radius 2 is 1.00 bits per heavy atom. The van der Waals surface area contributed by atoms with E-state index in [4.69, 9.17) is 0 Å². The lowest BCUT2D eigenvalue weighted by atomic mass is 10.0. The molecule has 0 bridgehead atoms. The van der Waals surface area contributed by atoms with Gasteiger partial charge in [0.05, 0.1) is 18.8 Å². The highest BCUT2D eigenvalue weighted by molar-refractivity contribution is 5.76. The molecule has 0 aromatic carbocycles. The number of carbonyl (C=O) groups excluding carboxylic acids is 1. The van der Waals surface area contributed by atoms with E-state index in [-0.39, 0.29) is 12.5 Å². The number of hydrogen-bond acceptors (Lipinski definition) is 4. The van der Waals surface area contributed by atoms with Crippen LogP contribution in [0.25, 0.3) is 0 Å². The van der Waals surface area contributed by atoms with Gasteiger partial charge in [0.25, 0.3) is 0 Å². The van der Waals surface area contributed by atoms with Gasteiger partial charge in [-0.05, 0) is 44.9 Å². The molecule has 3 unspecified atom stereocenters. The minimum atomic E-state index is -1.16. The van der Waals surface area contributed by atoms with Crippen molar-refractivity contribution in [1.82, 2.24) is 5.32 Å². The van der Waals surface area contributed by atoms with E-state index < -0.39 is 18.2 Å². The van der Waals surface area contributed by atoms with Crippen molar-refractivity contribution in [1.29, 1.82) is 0 Å². The molecular formula is C38H73NO4. The van der Waals surface area contributed by atoms with Crippen molar-refractivity contribution in [2.75, 3.05) is 6.61 Å². The second-order valence-corrected chi connectivity index (χ2v) is 12.7. The molecule has 1 amide bonds. The van der Waals surface area contributed by atoms with Crippen molar-refractivity contribution in [3.05, 3.63) is 24.3 Å². The highest BCUT2D eigenvalue weighted by atomic mass is 16.3. The molecule has 5 nitrogen and oxygen atoms in total. The highest BCUT2D eigenvalue weighted by Gasteiger charge is 2.26. The second kappa shape index (κ2) is 33.7. The maximum absolute atomic E-state index is 12.3. The molecule has 5 heteroatoms. The van der Waals surface area contributed by atoms with Crippen LogP contribution in [0, 0.1) is 0 Å². The van der Waals surface area contributed by atoms with Gasteiger partial charge in [-0.15, -0.1) is 0 Å². The summed E-state index contributed by atoms with van der Waals surface area (Å²) in [5.74, 6) is -0.159. The average molecular weight is 608 g/mol. The maximum atomic E-state index is 12.3. The van der Waals surface area contributed by atoms with E-state index in [0.29, 0.717) is 12.8 Å². The first-order valence-corrected chi connectivity index (χ1v) is 18.6. The normalized spacial score (nSPS) is 14.1. The van der Waals surface area contributed by atoms with Crippen molar-refractivity contribution in [2.24, 2.45) is 0 Å². The third-order valence-corrected chi connectivity index (χ3v) is 8.55. The van der Waals surface area contributed by atoms with E-state index in [1.54, 1.807) is 0 Å². The fourth-order valence-electron chi connectivity index (χ4n) is 5.66. The quantitative estimate of drug-likeness (QED) is 0.0441. The lowest BCUT2D eigenvalue weighted by Crippen LogP contribution is -2.50. The van der Waals surface area contributed by atoms with Crippen molar-refractivity contribution in [2.45, 2.75) is 205 Å². The maximum Gasteiger partial charge on any atom is 0.220 e. The molecule has 0 aliphatic carbocycles. The van der Waals surface area contributed by atoms with Gasteiger partial charge in [-0.25, -0.2) is 0 Å². The average Bonchev–Trinajstić information content (AvgIpc) is 3.01. The summed E-state index contributed by atoms with van der Waals surface area (Å²) in [6.45, 7) is 4.03. The molecule has 0 aliphatic heterocycles. The number of rotatable bonds is 33. The predicted molar refractivity (Wildman–Crippen MR) is 185 cm³/mol. The van der Waals surface area contributed by atoms with E-state index in [1.165, 1.54) is 109 Å². The Morgan fingerprint density at radius 3 is 1.44 bits per heavy atom. The largest absolute Gasteiger partial charge is 0.394 e. The fraction of sp³-hybridized carbons (Fsp3) is 0.868. The Balaban J connectivity index is 3.62. The second-order valence-electron chi connectivity index (χ2n) is 12.7. The van der Waals surface area contributed by atoms with Crippen molar-refractivity contribution in [3.63, 3.8) is 0 Å². The van der Waals surface area contributed by atoms with Crippen LogP contribution in [0.2, 0.25) is 0 Å². The molecule has 0 saturated carbocycles. The van der Waals surface area contributed by atoms with Gasteiger partial charge >= 0.3 is 0 Å². The van der Waals surface area contributed by atoms with Gasteiger partial charge < -0.3 is 20.6 Å². The summed E-state index contributed by atoms with van der Waals surface area (Å²) in [6, 6.07) is -0.825. The van der Waals surface area contributed by atoms with Gasteiger partial charge in [-0.1, -0.05) is 160 Å². The van der Waals surface area contributed by atoms with Gasteiger partial charge in [0.2, 0.25) is 5.91 Å². The first kappa shape index (κ1) is 41.8. The highest BCUT2D eigenvalue weighted by Crippen LogP contribution is 2.15. The minimum absolute atomic E-state index is 0.159. The van der Waals surface area contributed by atoms with Crippen molar-refractivity contribution < 1.29 is 20.1 Å². The monoisotopic (exact) mass is 608 g/mol. The number of hydrogen-bond donors (Lipinski definition) is 4. The zero-order chi connectivity index (χ0) is 31.6. The molecule has 0 saturated heterocycles. The number of aliphatic hydroxyl groups is 3. The van der Waals surface area contributed by atoms with Crippen LogP contribution in [0.5, 0.6) is 0 Å². The molecule has 3 atom stereocenters. The van der Waals surface area contributed by atoms with E-state index in [2.05, 4.69) is 43.5 Å². The number of allylic oxidation sites excluding steroid dienone is 4. The number of carbonyl (C=O) groups is 1. The Kier molecular flexibility index (Phi) is 32.8. The SMILES string of the molecule is CC/C=C/CC/C=C/CCCC(O)C(O)C(CO)NC(=O)CCCCCCCCCCCCCCCCCCCCCC. The number of amides is 1. The summed E-state index contributed by atoms with van der Waals surface area (Å²) >= 11 is 0. The lowest BCUT2D eigenvalue weighted by Gasteiger charge is -2.26. The first-order chi connectivity index (χ1) is 21.1. The Bertz CT molecular complexity index is 635. The number of aliphatic hydroxyl groups excluding tert-OH is 3. The zero-order valence-electron chi connectivity index (χ0n) is 28.6. The van der Waals surface area contributed by atoms with Gasteiger partial charge in [0.1, 0.15) is 6.10 Å². The van der Waals surface area contributed by atoms with E-state index in [1.807, 2.05) is 0 Å². The van der Waals surface area contributed by atoms with Crippen LogP contribution >= 0.6 is 0 Å². The van der Waals surface area contributed by atoms with Gasteiger partial charge in [-0.2, -0.15) is 0 Å². The topological polar surface area (TPSA) is 89.8 Å². The molecule has 0 radical (unpaired) electrons. The van der Waals surface area contributed by atoms with Gasteiger partial charge in [-0.3, -0.25) is 4.79 Å². The predicted octanol–water partition coefficient (Wildman–Crippen LogP) is 9.87. The van der Waals surface area contributed by atoms with E-state index >= 15 is 0 Å². The zero-order valence-corrected chi connectivity index (χ0v) is 28.6. The van der Waals surface area contributed by atoms with Crippen LogP contribution in [0.4, 0.5) is 0 Å². The van der Waals surface area contributed by atoms with Crippen LogP contribution in [0.3, 0.4) is 0 Å². The molecule has 0 aromatic heterocycles.